The van der Waals surface area contributed by atoms with E-state index in [-0.39, 0.29) is 34.9 Å². The molecule has 2 amide bonds. The van der Waals surface area contributed by atoms with Crippen molar-refractivity contribution >= 4 is 40.9 Å². The molecule has 2 heterocycles. The molecule has 12 heteroatoms. The molecule has 3 aromatic carbocycles. The summed E-state index contributed by atoms with van der Waals surface area (Å²) in [4.78, 5) is 41.1. The number of benzene rings is 3. The monoisotopic (exact) mass is 681 g/mol. The number of carbonyl (C=O) groups excluding carboxylic acids is 2. The molecule has 1 aliphatic heterocycles. The first kappa shape index (κ1) is 35.8. The summed E-state index contributed by atoms with van der Waals surface area (Å²) in [5.41, 5.74) is 4.23. The quantitative estimate of drug-likeness (QED) is 0.159. The second kappa shape index (κ2) is 16.3. The van der Waals surface area contributed by atoms with E-state index >= 15 is 4.39 Å². The number of nitrogens with zero attached hydrogens (tertiary/aromatic N) is 5. The number of amides is 2. The molecule has 0 spiro atoms. The second-order valence-electron chi connectivity index (χ2n) is 12.1. The zero-order valence-corrected chi connectivity index (χ0v) is 29.4. The fourth-order valence-electron chi connectivity index (χ4n) is 5.65. The number of aryl methyl sites for hydroxylation is 2. The molecule has 4 aromatic rings. The van der Waals surface area contributed by atoms with Gasteiger partial charge in [-0.2, -0.15) is 4.98 Å². The number of carbonyl (C=O) groups is 2. The first-order valence-corrected chi connectivity index (χ1v) is 16.7. The molecular weight excluding hydrogens is 637 g/mol. The van der Waals surface area contributed by atoms with Crippen molar-refractivity contribution in [1.82, 2.24) is 19.8 Å². The third-order valence-corrected chi connectivity index (χ3v) is 8.65. The van der Waals surface area contributed by atoms with Crippen molar-refractivity contribution in [2.75, 3.05) is 69.0 Å². The van der Waals surface area contributed by atoms with Gasteiger partial charge in [0.15, 0.2) is 11.5 Å². The minimum Gasteiger partial charge on any atom is -0.493 e. The Hall–Kier alpha value is -5.49. The van der Waals surface area contributed by atoms with Gasteiger partial charge < -0.3 is 34.8 Å². The van der Waals surface area contributed by atoms with E-state index in [1.165, 1.54) is 25.4 Å². The smallest absolute Gasteiger partial charge is 0.262 e. The highest BCUT2D eigenvalue weighted by molar-refractivity contribution is 6.06. The summed E-state index contributed by atoms with van der Waals surface area (Å²) >= 11 is 0. The zero-order chi connectivity index (χ0) is 35.8. The Bertz CT molecular complexity index is 1850. The SMILES string of the molecule is CCN(CC)C(=O)C=Cc1ccc(Oc2nc(Nc3ccc(N4CCN(C)CC4)c(F)c3)ncc2C(=O)Nc2c(C)cccc2C)c(OC)c1. The van der Waals surface area contributed by atoms with Gasteiger partial charge in [-0.15, -0.1) is 0 Å². The van der Waals surface area contributed by atoms with Crippen LogP contribution in [-0.4, -0.2) is 85.0 Å². The van der Waals surface area contributed by atoms with Crippen LogP contribution < -0.4 is 25.0 Å². The largest absolute Gasteiger partial charge is 0.493 e. The summed E-state index contributed by atoms with van der Waals surface area (Å²) in [5.74, 6) is -0.226. The van der Waals surface area contributed by atoms with Gasteiger partial charge in [-0.1, -0.05) is 24.3 Å². The molecule has 11 nitrogen and oxygen atoms in total. The first-order chi connectivity index (χ1) is 24.1. The van der Waals surface area contributed by atoms with Crippen LogP contribution in [0.4, 0.5) is 27.4 Å². The molecule has 0 unspecified atom stereocenters. The number of likely N-dealkylation sites (N-methyl/N-ethyl adjacent to an activating group) is 2. The van der Waals surface area contributed by atoms with Crippen LogP contribution in [0, 0.1) is 19.7 Å². The fourth-order valence-corrected chi connectivity index (χ4v) is 5.65. The summed E-state index contributed by atoms with van der Waals surface area (Å²) in [5, 5.41) is 6.02. The van der Waals surface area contributed by atoms with Gasteiger partial charge in [0.05, 0.1) is 12.8 Å². The minimum absolute atomic E-state index is 0.0425. The van der Waals surface area contributed by atoms with Crippen LogP contribution >= 0.6 is 0 Å². The van der Waals surface area contributed by atoms with E-state index in [2.05, 4.69) is 32.5 Å². The topological polar surface area (TPSA) is 112 Å². The lowest BCUT2D eigenvalue weighted by atomic mass is 10.1. The van der Waals surface area contributed by atoms with Gasteiger partial charge in [-0.25, -0.2) is 9.37 Å². The molecule has 1 saturated heterocycles. The van der Waals surface area contributed by atoms with Crippen molar-refractivity contribution in [3.8, 4) is 17.4 Å². The van der Waals surface area contributed by atoms with Crippen LogP contribution in [0.1, 0.15) is 40.9 Å². The molecule has 262 valence electrons. The van der Waals surface area contributed by atoms with Gasteiger partial charge in [0.2, 0.25) is 17.7 Å². The van der Waals surface area contributed by atoms with Crippen molar-refractivity contribution in [1.29, 1.82) is 0 Å². The van der Waals surface area contributed by atoms with Crippen molar-refractivity contribution < 1.29 is 23.5 Å². The van der Waals surface area contributed by atoms with Gasteiger partial charge in [0, 0.05) is 62.9 Å². The highest BCUT2D eigenvalue weighted by Gasteiger charge is 2.22. The molecule has 1 aliphatic rings. The average molecular weight is 682 g/mol. The maximum Gasteiger partial charge on any atom is 0.262 e. The highest BCUT2D eigenvalue weighted by atomic mass is 19.1. The summed E-state index contributed by atoms with van der Waals surface area (Å²) in [6.07, 6.45) is 4.59. The number of hydrogen-bond donors (Lipinski definition) is 2. The predicted molar refractivity (Wildman–Crippen MR) is 195 cm³/mol. The van der Waals surface area contributed by atoms with E-state index in [0.717, 1.165) is 42.9 Å². The van der Waals surface area contributed by atoms with Crippen LogP contribution in [0.5, 0.6) is 17.4 Å². The number of ether oxygens (including phenoxy) is 2. The molecule has 0 saturated carbocycles. The van der Waals surface area contributed by atoms with Gasteiger partial charge in [-0.3, -0.25) is 9.59 Å². The molecule has 0 aliphatic carbocycles. The van der Waals surface area contributed by atoms with Crippen LogP contribution in [0.15, 0.2) is 66.9 Å². The number of halogens is 1. The predicted octanol–water partition coefficient (Wildman–Crippen LogP) is 6.66. The second-order valence-corrected chi connectivity index (χ2v) is 12.1. The standard InChI is InChI=1S/C38H44FN7O4/c1-7-45(8-2)34(47)17-13-27-12-16-32(33(22-27)49-6)50-37-29(36(48)42-35-25(3)10-9-11-26(35)4)24-40-38(43-37)41-28-14-15-31(30(39)23-28)46-20-18-44(5)19-21-46/h9-17,22-24H,7-8,18-21H2,1-6H3,(H,42,48)(H,40,41,43). The highest BCUT2D eigenvalue weighted by Crippen LogP contribution is 2.35. The Morgan fingerprint density at radius 2 is 1.70 bits per heavy atom. The number of nitrogens with one attached hydrogen (secondary N) is 2. The Balaban J connectivity index is 1.44. The first-order valence-electron chi connectivity index (χ1n) is 16.7. The van der Waals surface area contributed by atoms with Gasteiger partial charge >= 0.3 is 0 Å². The Morgan fingerprint density at radius 3 is 2.36 bits per heavy atom. The lowest BCUT2D eigenvalue weighted by molar-refractivity contribution is -0.125. The number of anilines is 4. The van der Waals surface area contributed by atoms with Gasteiger partial charge in [0.25, 0.3) is 5.91 Å². The normalized spacial score (nSPS) is 13.3. The maximum absolute atomic E-state index is 15.3. The lowest BCUT2D eigenvalue weighted by Gasteiger charge is -2.34. The van der Waals surface area contributed by atoms with Crippen LogP contribution in [-0.2, 0) is 4.79 Å². The molecule has 1 fully saturated rings. The molecule has 0 bridgehead atoms. The molecule has 50 heavy (non-hydrogen) atoms. The lowest BCUT2D eigenvalue weighted by Crippen LogP contribution is -2.44. The number of para-hydroxylation sites is 1. The summed E-state index contributed by atoms with van der Waals surface area (Å²) < 4.78 is 27.2. The summed E-state index contributed by atoms with van der Waals surface area (Å²) in [6, 6.07) is 15.8. The van der Waals surface area contributed by atoms with E-state index in [1.807, 2.05) is 50.8 Å². The third kappa shape index (κ3) is 8.56. The van der Waals surface area contributed by atoms with Crippen molar-refractivity contribution in [3.63, 3.8) is 0 Å². The van der Waals surface area contributed by atoms with E-state index in [0.29, 0.717) is 35.9 Å². The van der Waals surface area contributed by atoms with Crippen LogP contribution in [0.2, 0.25) is 0 Å². The summed E-state index contributed by atoms with van der Waals surface area (Å²) in [6.45, 7) is 12.1. The zero-order valence-electron chi connectivity index (χ0n) is 29.4. The number of rotatable bonds is 12. The molecule has 5 rings (SSSR count). The van der Waals surface area contributed by atoms with Crippen molar-refractivity contribution in [3.05, 3.63) is 94.9 Å². The number of piperazine rings is 1. The molecule has 0 atom stereocenters. The fraction of sp³-hybridized carbons (Fsp3) is 0.316. The Morgan fingerprint density at radius 1 is 0.980 bits per heavy atom. The maximum atomic E-state index is 15.3. The third-order valence-electron chi connectivity index (χ3n) is 8.65. The van der Waals surface area contributed by atoms with Crippen LogP contribution in [0.3, 0.4) is 0 Å². The number of hydrogen-bond acceptors (Lipinski definition) is 9. The van der Waals surface area contributed by atoms with E-state index in [1.54, 1.807) is 41.3 Å². The van der Waals surface area contributed by atoms with Crippen LogP contribution in [0.25, 0.3) is 6.08 Å². The van der Waals surface area contributed by atoms with Crippen molar-refractivity contribution in [2.45, 2.75) is 27.7 Å². The van der Waals surface area contributed by atoms with E-state index < -0.39 is 5.91 Å². The number of aromatic nitrogens is 2. The Kier molecular flexibility index (Phi) is 11.7. The van der Waals surface area contributed by atoms with E-state index in [9.17, 15) is 9.59 Å². The molecule has 1 aromatic heterocycles. The summed E-state index contributed by atoms with van der Waals surface area (Å²) in [7, 11) is 3.55. The van der Waals surface area contributed by atoms with Gasteiger partial charge in [0.1, 0.15) is 11.4 Å². The molecule has 2 N–H and O–H groups in total. The molecular formula is C38H44FN7O4. The Labute approximate surface area is 292 Å². The molecule has 0 radical (unpaired) electrons. The van der Waals surface area contributed by atoms with E-state index in [4.69, 9.17) is 9.47 Å². The van der Waals surface area contributed by atoms with Gasteiger partial charge in [-0.05, 0) is 87.8 Å². The van der Waals surface area contributed by atoms with Crippen molar-refractivity contribution in [2.24, 2.45) is 0 Å². The average Bonchev–Trinajstić information content (AvgIpc) is 3.10. The minimum atomic E-state index is -0.472. The number of methoxy groups -OCH3 is 1.